The molecule has 0 spiro atoms. The largest absolute Gasteiger partial charge is 0.454 e. The highest BCUT2D eigenvalue weighted by Gasteiger charge is 2.40. The SMILES string of the molecule is Cc1ccc(S(=O)(=O)N2CCC[C@H]2C(=O)OCC(=O)N2CCCCCCC2)cc1. The Hall–Kier alpha value is -1.93. The van der Waals surface area contributed by atoms with Gasteiger partial charge in [0.1, 0.15) is 6.04 Å². The molecule has 7 nitrogen and oxygen atoms in total. The summed E-state index contributed by atoms with van der Waals surface area (Å²) in [5.74, 6) is -0.843. The van der Waals surface area contributed by atoms with Crippen LogP contribution in [0.1, 0.15) is 50.5 Å². The number of nitrogens with zero attached hydrogens (tertiary/aromatic N) is 2. The van der Waals surface area contributed by atoms with Crippen LogP contribution in [-0.2, 0) is 24.3 Å². The molecule has 1 aromatic carbocycles. The lowest BCUT2D eigenvalue weighted by Gasteiger charge is -2.26. The second-order valence-electron chi connectivity index (χ2n) is 7.84. The molecule has 160 valence electrons. The number of sulfonamides is 1. The Bertz CT molecular complexity index is 814. The highest BCUT2D eigenvalue weighted by Crippen LogP contribution is 2.27. The van der Waals surface area contributed by atoms with E-state index in [2.05, 4.69) is 0 Å². The lowest BCUT2D eigenvalue weighted by Crippen LogP contribution is -2.43. The maximum Gasteiger partial charge on any atom is 0.324 e. The van der Waals surface area contributed by atoms with Gasteiger partial charge in [-0.25, -0.2) is 8.42 Å². The number of amides is 1. The molecule has 2 saturated heterocycles. The van der Waals surface area contributed by atoms with E-state index in [1.165, 1.54) is 10.7 Å². The predicted molar refractivity (Wildman–Crippen MR) is 109 cm³/mol. The van der Waals surface area contributed by atoms with Crippen molar-refractivity contribution in [2.45, 2.75) is 62.8 Å². The monoisotopic (exact) mass is 422 g/mol. The smallest absolute Gasteiger partial charge is 0.324 e. The molecule has 2 heterocycles. The van der Waals surface area contributed by atoms with Crippen molar-refractivity contribution in [1.29, 1.82) is 0 Å². The van der Waals surface area contributed by atoms with Gasteiger partial charge in [0.2, 0.25) is 10.0 Å². The molecule has 0 unspecified atom stereocenters. The third-order valence-corrected chi connectivity index (χ3v) is 7.57. The van der Waals surface area contributed by atoms with E-state index >= 15 is 0 Å². The summed E-state index contributed by atoms with van der Waals surface area (Å²) in [5.41, 5.74) is 0.962. The van der Waals surface area contributed by atoms with E-state index in [0.29, 0.717) is 25.9 Å². The summed E-state index contributed by atoms with van der Waals surface area (Å²) < 4.78 is 32.4. The zero-order valence-corrected chi connectivity index (χ0v) is 17.8. The van der Waals surface area contributed by atoms with Crippen LogP contribution < -0.4 is 0 Å². The fraction of sp³-hybridized carbons (Fsp3) is 0.619. The van der Waals surface area contributed by atoms with E-state index in [1.807, 2.05) is 6.92 Å². The summed E-state index contributed by atoms with van der Waals surface area (Å²) in [6.07, 6.45) is 6.33. The van der Waals surface area contributed by atoms with Gasteiger partial charge in [-0.3, -0.25) is 9.59 Å². The van der Waals surface area contributed by atoms with Crippen molar-refractivity contribution in [3.8, 4) is 0 Å². The molecular weight excluding hydrogens is 392 g/mol. The molecule has 0 aliphatic carbocycles. The number of rotatable bonds is 5. The number of carbonyl (C=O) groups is 2. The summed E-state index contributed by atoms with van der Waals surface area (Å²) in [6, 6.07) is 5.70. The Labute approximate surface area is 173 Å². The average molecular weight is 423 g/mol. The number of likely N-dealkylation sites (tertiary alicyclic amines) is 1. The van der Waals surface area contributed by atoms with E-state index in [9.17, 15) is 18.0 Å². The third-order valence-electron chi connectivity index (χ3n) is 5.65. The standard InChI is InChI=1S/C21H30N2O5S/c1-17-9-11-18(12-10-17)29(26,27)23-15-7-8-19(23)21(25)28-16-20(24)22-13-5-3-2-4-6-14-22/h9-12,19H,2-8,13-16H2,1H3/t19-/m0/s1. The van der Waals surface area contributed by atoms with Crippen LogP contribution in [0.25, 0.3) is 0 Å². The third kappa shape index (κ3) is 5.36. The summed E-state index contributed by atoms with van der Waals surface area (Å²) in [6.45, 7) is 3.21. The lowest BCUT2D eigenvalue weighted by molar-refractivity contribution is -0.154. The molecule has 1 atom stereocenters. The molecule has 0 N–H and O–H groups in total. The lowest BCUT2D eigenvalue weighted by atomic mass is 10.1. The van der Waals surface area contributed by atoms with Crippen molar-refractivity contribution in [1.82, 2.24) is 9.21 Å². The zero-order valence-electron chi connectivity index (χ0n) is 17.0. The van der Waals surface area contributed by atoms with Crippen LogP contribution >= 0.6 is 0 Å². The van der Waals surface area contributed by atoms with Gasteiger partial charge >= 0.3 is 5.97 Å². The topological polar surface area (TPSA) is 84.0 Å². The van der Waals surface area contributed by atoms with E-state index in [1.54, 1.807) is 29.2 Å². The van der Waals surface area contributed by atoms with Gasteiger partial charge in [-0.2, -0.15) is 4.31 Å². The van der Waals surface area contributed by atoms with Gasteiger partial charge in [0.05, 0.1) is 4.90 Å². The number of aryl methyl sites for hydroxylation is 1. The Morgan fingerprint density at radius 2 is 1.59 bits per heavy atom. The van der Waals surface area contributed by atoms with Gasteiger partial charge in [-0.05, 0) is 44.7 Å². The fourth-order valence-corrected chi connectivity index (χ4v) is 5.57. The molecule has 1 aromatic rings. The Morgan fingerprint density at radius 1 is 0.966 bits per heavy atom. The van der Waals surface area contributed by atoms with Crippen molar-refractivity contribution in [2.75, 3.05) is 26.2 Å². The number of hydrogen-bond donors (Lipinski definition) is 0. The van der Waals surface area contributed by atoms with Crippen molar-refractivity contribution in [2.24, 2.45) is 0 Å². The quantitative estimate of drug-likeness (QED) is 0.681. The first-order chi connectivity index (χ1) is 13.9. The molecule has 29 heavy (non-hydrogen) atoms. The molecule has 0 saturated carbocycles. The number of esters is 1. The van der Waals surface area contributed by atoms with Gasteiger partial charge in [0, 0.05) is 19.6 Å². The maximum atomic E-state index is 13.0. The summed E-state index contributed by atoms with van der Waals surface area (Å²) in [5, 5.41) is 0. The minimum absolute atomic E-state index is 0.166. The second kappa shape index (κ2) is 9.71. The summed E-state index contributed by atoms with van der Waals surface area (Å²) in [4.78, 5) is 26.9. The molecule has 0 radical (unpaired) electrons. The van der Waals surface area contributed by atoms with Crippen molar-refractivity contribution >= 4 is 21.9 Å². The molecule has 0 bridgehead atoms. The van der Waals surface area contributed by atoms with Gasteiger partial charge < -0.3 is 9.64 Å². The molecule has 0 aromatic heterocycles. The minimum Gasteiger partial charge on any atom is -0.454 e. The average Bonchev–Trinajstić information content (AvgIpc) is 3.17. The van der Waals surface area contributed by atoms with Crippen LogP contribution in [-0.4, -0.2) is 61.8 Å². The van der Waals surface area contributed by atoms with Crippen molar-refractivity contribution in [3.05, 3.63) is 29.8 Å². The van der Waals surface area contributed by atoms with Gasteiger partial charge in [-0.15, -0.1) is 0 Å². The number of ether oxygens (including phenoxy) is 1. The van der Waals surface area contributed by atoms with Gasteiger partial charge in [-0.1, -0.05) is 37.0 Å². The van der Waals surface area contributed by atoms with Gasteiger partial charge in [0.25, 0.3) is 5.91 Å². The summed E-state index contributed by atoms with van der Waals surface area (Å²) in [7, 11) is -3.78. The van der Waals surface area contributed by atoms with Gasteiger partial charge in [0.15, 0.2) is 6.61 Å². The maximum absolute atomic E-state index is 13.0. The molecule has 8 heteroatoms. The highest BCUT2D eigenvalue weighted by molar-refractivity contribution is 7.89. The second-order valence-corrected chi connectivity index (χ2v) is 9.73. The predicted octanol–water partition coefficient (Wildman–Crippen LogP) is 2.48. The Balaban J connectivity index is 1.61. The van der Waals surface area contributed by atoms with E-state index in [4.69, 9.17) is 4.74 Å². The first-order valence-electron chi connectivity index (χ1n) is 10.4. The minimum atomic E-state index is -3.78. The molecule has 2 aliphatic heterocycles. The molecular formula is C21H30N2O5S. The van der Waals surface area contributed by atoms with Crippen molar-refractivity contribution in [3.63, 3.8) is 0 Å². The van der Waals surface area contributed by atoms with Crippen LogP contribution in [0, 0.1) is 6.92 Å². The Kier molecular flexibility index (Phi) is 7.29. The zero-order chi connectivity index (χ0) is 20.9. The number of hydrogen-bond acceptors (Lipinski definition) is 5. The number of benzene rings is 1. The summed E-state index contributed by atoms with van der Waals surface area (Å²) >= 11 is 0. The van der Waals surface area contributed by atoms with E-state index in [0.717, 1.165) is 31.2 Å². The van der Waals surface area contributed by atoms with Crippen LogP contribution in [0.4, 0.5) is 0 Å². The van der Waals surface area contributed by atoms with E-state index in [-0.39, 0.29) is 24.0 Å². The normalized spacial score (nSPS) is 21.4. The highest BCUT2D eigenvalue weighted by atomic mass is 32.2. The van der Waals surface area contributed by atoms with Crippen LogP contribution in [0.2, 0.25) is 0 Å². The first kappa shape index (κ1) is 21.8. The van der Waals surface area contributed by atoms with Crippen LogP contribution in [0.15, 0.2) is 29.2 Å². The Morgan fingerprint density at radius 3 is 2.24 bits per heavy atom. The molecule has 3 rings (SSSR count). The fourth-order valence-electron chi connectivity index (χ4n) is 3.93. The van der Waals surface area contributed by atoms with Crippen LogP contribution in [0.3, 0.4) is 0 Å². The van der Waals surface area contributed by atoms with E-state index < -0.39 is 22.0 Å². The molecule has 2 aliphatic rings. The van der Waals surface area contributed by atoms with Crippen LogP contribution in [0.5, 0.6) is 0 Å². The molecule has 1 amide bonds. The molecule has 2 fully saturated rings. The number of carbonyl (C=O) groups excluding carboxylic acids is 2. The van der Waals surface area contributed by atoms with Crippen molar-refractivity contribution < 1.29 is 22.7 Å². The first-order valence-corrected chi connectivity index (χ1v) is 11.9.